The van der Waals surface area contributed by atoms with Gasteiger partial charge in [0, 0.05) is 4.47 Å². The average molecular weight is 288 g/mol. The molecule has 87 valence electrons. The number of benzene rings is 2. The van der Waals surface area contributed by atoms with Gasteiger partial charge in [-0.05, 0) is 46.4 Å². The fourth-order valence-corrected chi connectivity index (χ4v) is 2.13. The van der Waals surface area contributed by atoms with Crippen LogP contribution in [0.5, 0.6) is 0 Å². The second-order valence-corrected chi connectivity index (χ2v) is 6.17. The van der Waals surface area contributed by atoms with Crippen molar-refractivity contribution in [2.24, 2.45) is 0 Å². The quantitative estimate of drug-likeness (QED) is 0.675. The fourth-order valence-electron chi connectivity index (χ4n) is 1.73. The third-order valence-electron chi connectivity index (χ3n) is 2.81. The van der Waals surface area contributed by atoms with Gasteiger partial charge < -0.3 is 0 Å². The van der Waals surface area contributed by atoms with Crippen LogP contribution in [-0.4, -0.2) is 0 Å². The highest BCUT2D eigenvalue weighted by atomic mass is 79.9. The molecule has 0 aromatic heterocycles. The Morgan fingerprint density at radius 3 is 2.35 bits per heavy atom. The Morgan fingerprint density at radius 1 is 1.06 bits per heavy atom. The second kappa shape index (κ2) is 4.66. The number of hydrogen-bond acceptors (Lipinski definition) is 0. The monoisotopic (exact) mass is 287 g/mol. The van der Waals surface area contributed by atoms with E-state index in [1.165, 1.54) is 11.1 Å². The molecule has 2 aromatic rings. The van der Waals surface area contributed by atoms with E-state index >= 15 is 0 Å². The van der Waals surface area contributed by atoms with Crippen molar-refractivity contribution in [3.63, 3.8) is 0 Å². The molecule has 1 heteroatoms. The summed E-state index contributed by atoms with van der Waals surface area (Å²) in [6, 6.07) is 18.1. The molecule has 0 saturated heterocycles. The van der Waals surface area contributed by atoms with Crippen LogP contribution in [0.4, 0.5) is 0 Å². The lowest BCUT2D eigenvalue weighted by atomic mass is 9.86. The van der Waals surface area contributed by atoms with Gasteiger partial charge in [-0.15, -0.1) is 0 Å². The maximum atomic E-state index is 3.49. The van der Waals surface area contributed by atoms with E-state index in [4.69, 9.17) is 0 Å². The fraction of sp³-hybridized carbons (Fsp3) is 0.250. The van der Waals surface area contributed by atoms with Gasteiger partial charge in [-0.2, -0.15) is 0 Å². The Morgan fingerprint density at radius 2 is 1.82 bits per heavy atom. The highest BCUT2D eigenvalue weighted by Crippen LogP contribution is 2.26. The Balaban J connectivity index is 2.36. The third-order valence-corrected chi connectivity index (χ3v) is 3.31. The summed E-state index contributed by atoms with van der Waals surface area (Å²) in [5, 5.41) is 0. The van der Waals surface area contributed by atoms with E-state index in [9.17, 15) is 0 Å². The van der Waals surface area contributed by atoms with Crippen LogP contribution in [-0.2, 0) is 5.41 Å². The first-order valence-electron chi connectivity index (χ1n) is 5.75. The summed E-state index contributed by atoms with van der Waals surface area (Å²) in [5.74, 6) is 0. The van der Waals surface area contributed by atoms with Gasteiger partial charge in [0.1, 0.15) is 0 Å². The Labute approximate surface area is 112 Å². The maximum absolute atomic E-state index is 3.49. The molecule has 0 nitrogen and oxygen atoms in total. The van der Waals surface area contributed by atoms with Gasteiger partial charge in [-0.25, -0.2) is 0 Å². The lowest BCUT2D eigenvalue weighted by molar-refractivity contribution is 0.590. The van der Waals surface area contributed by atoms with E-state index < -0.39 is 0 Å². The van der Waals surface area contributed by atoms with Crippen molar-refractivity contribution in [1.82, 2.24) is 0 Å². The first kappa shape index (κ1) is 12.4. The summed E-state index contributed by atoms with van der Waals surface area (Å²) in [5.41, 5.74) is 3.84. The van der Waals surface area contributed by atoms with E-state index in [1.807, 2.05) is 12.1 Å². The van der Waals surface area contributed by atoms with Crippen LogP contribution in [0, 0.1) is 6.07 Å². The van der Waals surface area contributed by atoms with E-state index in [0.29, 0.717) is 0 Å². The third kappa shape index (κ3) is 2.98. The summed E-state index contributed by atoms with van der Waals surface area (Å²) in [6.45, 7) is 6.65. The molecular weight excluding hydrogens is 272 g/mol. The molecule has 0 saturated carbocycles. The van der Waals surface area contributed by atoms with E-state index in [0.717, 1.165) is 10.0 Å². The summed E-state index contributed by atoms with van der Waals surface area (Å²) in [6.07, 6.45) is 0. The van der Waals surface area contributed by atoms with E-state index in [-0.39, 0.29) is 5.41 Å². The van der Waals surface area contributed by atoms with Crippen molar-refractivity contribution in [2.75, 3.05) is 0 Å². The zero-order valence-electron chi connectivity index (χ0n) is 10.4. The number of halogens is 1. The molecule has 17 heavy (non-hydrogen) atoms. The summed E-state index contributed by atoms with van der Waals surface area (Å²) >= 11 is 3.49. The van der Waals surface area contributed by atoms with E-state index in [1.54, 1.807) is 0 Å². The predicted molar refractivity (Wildman–Crippen MR) is 77.1 cm³/mol. The van der Waals surface area contributed by atoms with Crippen LogP contribution >= 0.6 is 15.9 Å². The molecule has 0 amide bonds. The second-order valence-electron chi connectivity index (χ2n) is 5.25. The van der Waals surface area contributed by atoms with Crippen LogP contribution in [0.3, 0.4) is 0 Å². The van der Waals surface area contributed by atoms with Gasteiger partial charge in [0.05, 0.1) is 0 Å². The number of hydrogen-bond donors (Lipinski definition) is 0. The van der Waals surface area contributed by atoms with E-state index in [2.05, 4.69) is 73.1 Å². The lowest BCUT2D eigenvalue weighted by Gasteiger charge is -2.19. The molecule has 1 radical (unpaired) electrons. The average Bonchev–Trinajstić information content (AvgIpc) is 2.28. The van der Waals surface area contributed by atoms with Gasteiger partial charge in [0.15, 0.2) is 0 Å². The predicted octanol–water partition coefficient (Wildman–Crippen LogP) is 5.21. The lowest BCUT2D eigenvalue weighted by Crippen LogP contribution is -2.10. The molecule has 0 aliphatic carbocycles. The van der Waals surface area contributed by atoms with Crippen LogP contribution in [0.15, 0.2) is 46.9 Å². The largest absolute Gasteiger partial charge is 0.0605 e. The van der Waals surface area contributed by atoms with Gasteiger partial charge in [-0.3, -0.25) is 0 Å². The van der Waals surface area contributed by atoms with Gasteiger partial charge in [-0.1, -0.05) is 61.0 Å². The van der Waals surface area contributed by atoms with Crippen LogP contribution in [0.1, 0.15) is 26.3 Å². The molecule has 0 bridgehead atoms. The van der Waals surface area contributed by atoms with Crippen molar-refractivity contribution in [3.8, 4) is 11.1 Å². The first-order valence-corrected chi connectivity index (χ1v) is 6.54. The Hall–Kier alpha value is -1.08. The zero-order valence-corrected chi connectivity index (χ0v) is 12.0. The zero-order chi connectivity index (χ0) is 12.5. The van der Waals surface area contributed by atoms with Crippen molar-refractivity contribution in [3.05, 3.63) is 58.6 Å². The minimum Gasteiger partial charge on any atom is -0.0605 e. The molecule has 2 rings (SSSR count). The molecule has 0 aliphatic heterocycles. The molecule has 0 unspecified atom stereocenters. The van der Waals surface area contributed by atoms with Crippen molar-refractivity contribution >= 4 is 15.9 Å². The Kier molecular flexibility index (Phi) is 3.39. The van der Waals surface area contributed by atoms with Gasteiger partial charge >= 0.3 is 0 Å². The molecule has 0 atom stereocenters. The summed E-state index contributed by atoms with van der Waals surface area (Å²) in [7, 11) is 0. The normalized spacial score (nSPS) is 11.5. The van der Waals surface area contributed by atoms with Gasteiger partial charge in [0.2, 0.25) is 0 Å². The van der Waals surface area contributed by atoms with Crippen LogP contribution in [0.25, 0.3) is 11.1 Å². The Bertz CT molecular complexity index is 504. The van der Waals surface area contributed by atoms with Crippen molar-refractivity contribution in [2.45, 2.75) is 26.2 Å². The molecule has 0 N–H and O–H groups in total. The maximum Gasteiger partial charge on any atom is 0.0181 e. The minimum absolute atomic E-state index is 0.187. The highest BCUT2D eigenvalue weighted by Gasteiger charge is 2.13. The van der Waals surface area contributed by atoms with Crippen LogP contribution < -0.4 is 0 Å². The molecule has 0 heterocycles. The number of rotatable bonds is 1. The molecule has 2 aromatic carbocycles. The highest BCUT2D eigenvalue weighted by molar-refractivity contribution is 9.10. The van der Waals surface area contributed by atoms with Crippen molar-refractivity contribution in [1.29, 1.82) is 0 Å². The molecule has 0 fully saturated rings. The molecule has 0 aliphatic rings. The topological polar surface area (TPSA) is 0 Å². The molecule has 0 spiro atoms. The smallest absolute Gasteiger partial charge is 0.0181 e. The van der Waals surface area contributed by atoms with Crippen LogP contribution in [0.2, 0.25) is 0 Å². The standard InChI is InChI=1S/C16H16Br/c1-16(2,3)14-9-7-12(8-10-14)13-5-4-6-15(17)11-13/h4-7,9-11H,1-3H3. The van der Waals surface area contributed by atoms with Gasteiger partial charge in [0.25, 0.3) is 0 Å². The summed E-state index contributed by atoms with van der Waals surface area (Å²) in [4.78, 5) is 0. The minimum atomic E-state index is 0.187. The summed E-state index contributed by atoms with van der Waals surface area (Å²) < 4.78 is 1.10. The molecular formula is C16H16Br. The van der Waals surface area contributed by atoms with Crippen molar-refractivity contribution < 1.29 is 0 Å². The first-order chi connectivity index (χ1) is 7.97. The SMILES string of the molecule is CC(C)(C)c1c[c]c(-c2cccc(Br)c2)cc1.